The van der Waals surface area contributed by atoms with Crippen LogP contribution in [0.5, 0.6) is 0 Å². The van der Waals surface area contributed by atoms with Gasteiger partial charge in [0.15, 0.2) is 0 Å². The van der Waals surface area contributed by atoms with Gasteiger partial charge in [-0.15, -0.1) is 11.3 Å². The van der Waals surface area contributed by atoms with Gasteiger partial charge in [-0.1, -0.05) is 30.3 Å². The minimum atomic E-state index is -0.00819. The van der Waals surface area contributed by atoms with E-state index in [-0.39, 0.29) is 11.5 Å². The van der Waals surface area contributed by atoms with Gasteiger partial charge < -0.3 is 10.3 Å². The first-order valence-corrected chi connectivity index (χ1v) is 12.6. The summed E-state index contributed by atoms with van der Waals surface area (Å²) in [6, 6.07) is 10.3. The van der Waals surface area contributed by atoms with Crippen LogP contribution in [-0.2, 0) is 29.8 Å². The summed E-state index contributed by atoms with van der Waals surface area (Å²) in [6.45, 7) is 0.701. The van der Waals surface area contributed by atoms with Crippen LogP contribution < -0.4 is 10.9 Å². The van der Waals surface area contributed by atoms with E-state index in [1.807, 2.05) is 18.2 Å². The Morgan fingerprint density at radius 3 is 2.90 bits per heavy atom. The molecule has 4 rings (SSSR count). The molecule has 7 heteroatoms. The van der Waals surface area contributed by atoms with Crippen molar-refractivity contribution in [3.8, 4) is 0 Å². The van der Waals surface area contributed by atoms with Gasteiger partial charge >= 0.3 is 0 Å². The second-order valence-corrected chi connectivity index (χ2v) is 9.83. The number of thiophene rings is 1. The summed E-state index contributed by atoms with van der Waals surface area (Å²) in [7, 11) is 0. The third-order valence-corrected chi connectivity index (χ3v) is 7.55. The van der Waals surface area contributed by atoms with Gasteiger partial charge in [0.25, 0.3) is 5.56 Å². The Hall–Kier alpha value is -2.12. The number of nitrogens with zero attached hydrogens (tertiary/aromatic N) is 1. The van der Waals surface area contributed by atoms with Crippen molar-refractivity contribution in [3.05, 3.63) is 62.5 Å². The number of aryl methyl sites for hydroxylation is 3. The van der Waals surface area contributed by atoms with Gasteiger partial charge in [0.05, 0.1) is 11.1 Å². The van der Waals surface area contributed by atoms with Crippen LogP contribution in [0.2, 0.25) is 0 Å². The molecule has 0 fully saturated rings. The lowest BCUT2D eigenvalue weighted by molar-refractivity contribution is -0.120. The predicted octanol–water partition coefficient (Wildman–Crippen LogP) is 4.24. The van der Waals surface area contributed by atoms with E-state index in [1.165, 1.54) is 22.4 Å². The number of hydrogen-bond acceptors (Lipinski definition) is 5. The molecule has 1 aliphatic rings. The number of carbonyl (C=O) groups excluding carboxylic acids is 1. The molecule has 1 aromatic carbocycles. The molecule has 0 aliphatic heterocycles. The van der Waals surface area contributed by atoms with Crippen LogP contribution in [0.15, 0.2) is 35.1 Å². The Kier molecular flexibility index (Phi) is 7.23. The average molecular weight is 442 g/mol. The maximum Gasteiger partial charge on any atom is 0.259 e. The lowest BCUT2D eigenvalue weighted by Crippen LogP contribution is -2.25. The molecule has 0 saturated carbocycles. The fourth-order valence-electron chi connectivity index (χ4n) is 3.86. The maximum atomic E-state index is 12.6. The van der Waals surface area contributed by atoms with E-state index in [0.717, 1.165) is 42.3 Å². The molecule has 0 unspecified atom stereocenters. The third kappa shape index (κ3) is 5.32. The summed E-state index contributed by atoms with van der Waals surface area (Å²) in [6.07, 6.45) is 6.83. The normalized spacial score (nSPS) is 13.3. The molecule has 30 heavy (non-hydrogen) atoms. The van der Waals surface area contributed by atoms with Crippen molar-refractivity contribution in [2.45, 2.75) is 50.7 Å². The first-order chi connectivity index (χ1) is 14.7. The quantitative estimate of drug-likeness (QED) is 0.487. The van der Waals surface area contributed by atoms with E-state index in [1.54, 1.807) is 23.1 Å². The number of rotatable bonds is 9. The summed E-state index contributed by atoms with van der Waals surface area (Å²) < 4.78 is 0. The number of aromatic nitrogens is 2. The molecule has 5 nitrogen and oxygen atoms in total. The van der Waals surface area contributed by atoms with Gasteiger partial charge in [-0.05, 0) is 49.7 Å². The van der Waals surface area contributed by atoms with E-state index in [9.17, 15) is 9.59 Å². The molecule has 3 aromatic rings. The van der Waals surface area contributed by atoms with E-state index in [4.69, 9.17) is 0 Å². The Morgan fingerprint density at radius 1 is 1.20 bits per heavy atom. The Labute approximate surface area is 184 Å². The van der Waals surface area contributed by atoms with Crippen molar-refractivity contribution in [1.29, 1.82) is 0 Å². The third-order valence-electron chi connectivity index (χ3n) is 5.39. The molecule has 0 spiro atoms. The van der Waals surface area contributed by atoms with E-state index < -0.39 is 0 Å². The van der Waals surface area contributed by atoms with Crippen molar-refractivity contribution in [1.82, 2.24) is 15.3 Å². The first kappa shape index (κ1) is 21.1. The van der Waals surface area contributed by atoms with E-state index in [0.29, 0.717) is 30.3 Å². The van der Waals surface area contributed by atoms with Gasteiger partial charge in [0, 0.05) is 23.6 Å². The second kappa shape index (κ2) is 10.3. The van der Waals surface area contributed by atoms with Crippen molar-refractivity contribution in [2.75, 3.05) is 12.3 Å². The molecule has 2 aromatic heterocycles. The molecule has 2 heterocycles. The Morgan fingerprint density at radius 2 is 2.03 bits per heavy atom. The van der Waals surface area contributed by atoms with Gasteiger partial charge in [0.1, 0.15) is 10.7 Å². The topological polar surface area (TPSA) is 74.8 Å². The van der Waals surface area contributed by atoms with E-state index in [2.05, 4.69) is 27.4 Å². The monoisotopic (exact) mass is 441 g/mol. The summed E-state index contributed by atoms with van der Waals surface area (Å²) in [5.74, 6) is 2.13. The minimum Gasteiger partial charge on any atom is -0.356 e. The zero-order valence-electron chi connectivity index (χ0n) is 17.0. The van der Waals surface area contributed by atoms with Crippen LogP contribution in [0.4, 0.5) is 0 Å². The number of aromatic amines is 1. The zero-order valence-corrected chi connectivity index (χ0v) is 18.7. The molecule has 1 aliphatic carbocycles. The van der Waals surface area contributed by atoms with Crippen molar-refractivity contribution in [2.24, 2.45) is 0 Å². The van der Waals surface area contributed by atoms with Gasteiger partial charge in [-0.2, -0.15) is 11.8 Å². The standard InChI is InChI=1S/C23H27N3O2S2/c27-20(24-13-6-9-16-7-2-1-3-8-16)12-14-29-15-19-25-22(28)21-17-10-4-5-11-18(17)30-23(21)26-19/h1-3,7-8H,4-6,9-15H2,(H,24,27)(H,25,26,28). The highest BCUT2D eigenvalue weighted by Gasteiger charge is 2.19. The van der Waals surface area contributed by atoms with Crippen molar-refractivity contribution in [3.63, 3.8) is 0 Å². The molecule has 0 atom stereocenters. The minimum absolute atomic E-state index is 0.00819. The first-order valence-electron chi connectivity index (χ1n) is 10.6. The molecule has 0 radical (unpaired) electrons. The predicted molar refractivity (Wildman–Crippen MR) is 125 cm³/mol. The Bertz CT molecular complexity index is 1060. The van der Waals surface area contributed by atoms with Crippen LogP contribution in [0.25, 0.3) is 10.2 Å². The molecular weight excluding hydrogens is 414 g/mol. The number of thioether (sulfide) groups is 1. The van der Waals surface area contributed by atoms with Crippen LogP contribution in [0.3, 0.4) is 0 Å². The number of fused-ring (bicyclic) bond motifs is 3. The van der Waals surface area contributed by atoms with Crippen molar-refractivity contribution < 1.29 is 4.79 Å². The Balaban J connectivity index is 1.19. The van der Waals surface area contributed by atoms with Crippen LogP contribution in [-0.4, -0.2) is 28.2 Å². The van der Waals surface area contributed by atoms with Gasteiger partial charge in [0.2, 0.25) is 5.91 Å². The van der Waals surface area contributed by atoms with Crippen LogP contribution in [0, 0.1) is 0 Å². The highest BCUT2D eigenvalue weighted by molar-refractivity contribution is 7.98. The number of amides is 1. The zero-order chi connectivity index (χ0) is 20.8. The molecule has 2 N–H and O–H groups in total. The SMILES string of the molecule is O=C(CCSCc1nc2sc3c(c2c(=O)[nH]1)CCCC3)NCCCc1ccccc1. The maximum absolute atomic E-state index is 12.6. The summed E-state index contributed by atoms with van der Waals surface area (Å²) >= 11 is 3.31. The summed E-state index contributed by atoms with van der Waals surface area (Å²) in [5.41, 5.74) is 2.51. The van der Waals surface area contributed by atoms with Crippen LogP contribution in [0.1, 0.15) is 47.5 Å². The van der Waals surface area contributed by atoms with Gasteiger partial charge in [-0.25, -0.2) is 4.98 Å². The largest absolute Gasteiger partial charge is 0.356 e. The average Bonchev–Trinajstić information content (AvgIpc) is 3.14. The fraction of sp³-hybridized carbons (Fsp3) is 0.435. The molecule has 1 amide bonds. The lowest BCUT2D eigenvalue weighted by Gasteiger charge is -2.09. The molecule has 158 valence electrons. The van der Waals surface area contributed by atoms with E-state index >= 15 is 0 Å². The molecule has 0 saturated heterocycles. The van der Waals surface area contributed by atoms with Crippen molar-refractivity contribution >= 4 is 39.2 Å². The summed E-state index contributed by atoms with van der Waals surface area (Å²) in [5, 5.41) is 3.79. The van der Waals surface area contributed by atoms with Crippen LogP contribution >= 0.6 is 23.1 Å². The fourth-order valence-corrected chi connectivity index (χ4v) is 5.95. The molecular formula is C23H27N3O2S2. The number of H-pyrrole nitrogens is 1. The number of hydrogen-bond donors (Lipinski definition) is 2. The smallest absolute Gasteiger partial charge is 0.259 e. The summed E-state index contributed by atoms with van der Waals surface area (Å²) in [4.78, 5) is 34.4. The highest BCUT2D eigenvalue weighted by atomic mass is 32.2. The lowest BCUT2D eigenvalue weighted by atomic mass is 9.97. The number of carbonyl (C=O) groups is 1. The second-order valence-electron chi connectivity index (χ2n) is 7.65. The highest BCUT2D eigenvalue weighted by Crippen LogP contribution is 2.33. The number of nitrogens with one attached hydrogen (secondary N) is 2. The molecule has 0 bridgehead atoms. The number of benzene rings is 1. The van der Waals surface area contributed by atoms with Gasteiger partial charge in [-0.3, -0.25) is 9.59 Å².